The first-order valence-electron chi connectivity index (χ1n) is 7.93. The molecule has 24 heavy (non-hydrogen) atoms. The Balaban J connectivity index is 2.31. The Morgan fingerprint density at radius 3 is 2.75 bits per heavy atom. The Bertz CT molecular complexity index is 830. The molecule has 1 heterocycles. The minimum Gasteiger partial charge on any atom is -0.341 e. The molecule has 5 nitrogen and oxygen atoms in total. The van der Waals surface area contributed by atoms with Gasteiger partial charge in [0.1, 0.15) is 4.88 Å². The van der Waals surface area contributed by atoms with Crippen LogP contribution in [-0.2, 0) is 6.54 Å². The van der Waals surface area contributed by atoms with E-state index in [1.54, 1.807) is 35.6 Å². The number of nitriles is 1. The molecule has 0 saturated heterocycles. The minimum absolute atomic E-state index is 0.115. The summed E-state index contributed by atoms with van der Waals surface area (Å²) in [7, 11) is 1.76. The maximum absolute atomic E-state index is 12.5. The quantitative estimate of drug-likeness (QED) is 0.810. The number of hydrogen-bond donors (Lipinski definition) is 0. The van der Waals surface area contributed by atoms with Crippen LogP contribution in [0.4, 0.5) is 0 Å². The van der Waals surface area contributed by atoms with Crippen LogP contribution in [0, 0.1) is 18.3 Å². The topological polar surface area (TPSA) is 66.1 Å². The smallest absolute Gasteiger partial charge is 0.308 e. The molecule has 6 heteroatoms. The fraction of sp³-hybridized carbons (Fsp3) is 0.389. The van der Waals surface area contributed by atoms with Crippen molar-refractivity contribution in [3.63, 3.8) is 0 Å². The molecule has 0 saturated carbocycles. The van der Waals surface area contributed by atoms with Gasteiger partial charge in [-0.2, -0.15) is 5.26 Å². The Morgan fingerprint density at radius 2 is 2.08 bits per heavy atom. The van der Waals surface area contributed by atoms with E-state index < -0.39 is 0 Å². The van der Waals surface area contributed by atoms with Crippen LogP contribution in [0.3, 0.4) is 0 Å². The van der Waals surface area contributed by atoms with Crippen LogP contribution in [0.1, 0.15) is 46.3 Å². The third-order valence-corrected chi connectivity index (χ3v) is 5.07. The van der Waals surface area contributed by atoms with Crippen molar-refractivity contribution < 1.29 is 4.79 Å². The molecule has 0 aliphatic heterocycles. The molecule has 1 aromatic carbocycles. The first-order chi connectivity index (χ1) is 11.5. The molecule has 0 radical (unpaired) electrons. The van der Waals surface area contributed by atoms with E-state index >= 15 is 0 Å². The van der Waals surface area contributed by atoms with E-state index in [1.807, 2.05) is 12.1 Å². The Morgan fingerprint density at radius 1 is 1.38 bits per heavy atom. The molecule has 0 aliphatic rings. The number of nitrogens with zero attached hydrogens (tertiary/aromatic N) is 3. The fourth-order valence-corrected chi connectivity index (χ4v) is 3.45. The van der Waals surface area contributed by atoms with Gasteiger partial charge in [0.25, 0.3) is 5.91 Å². The van der Waals surface area contributed by atoms with E-state index in [2.05, 4.69) is 13.0 Å². The van der Waals surface area contributed by atoms with Crippen LogP contribution in [0.5, 0.6) is 0 Å². The number of carbonyl (C=O) groups is 1. The van der Waals surface area contributed by atoms with Crippen molar-refractivity contribution in [3.05, 3.63) is 55.6 Å². The van der Waals surface area contributed by atoms with Crippen molar-refractivity contribution in [1.29, 1.82) is 5.26 Å². The summed E-state index contributed by atoms with van der Waals surface area (Å²) < 4.78 is 1.57. The van der Waals surface area contributed by atoms with E-state index in [1.165, 1.54) is 0 Å². The van der Waals surface area contributed by atoms with Gasteiger partial charge in [-0.1, -0.05) is 42.9 Å². The van der Waals surface area contributed by atoms with Gasteiger partial charge in [0.15, 0.2) is 0 Å². The average Bonchev–Trinajstić information content (AvgIpc) is 2.87. The number of hydrogen-bond acceptors (Lipinski definition) is 4. The maximum Gasteiger partial charge on any atom is 0.308 e. The summed E-state index contributed by atoms with van der Waals surface area (Å²) in [5.74, 6) is -0.115. The highest BCUT2D eigenvalue weighted by Crippen LogP contribution is 2.17. The van der Waals surface area contributed by atoms with Gasteiger partial charge in [0, 0.05) is 19.3 Å². The zero-order valence-electron chi connectivity index (χ0n) is 14.2. The van der Waals surface area contributed by atoms with Crippen LogP contribution in [0.15, 0.2) is 29.1 Å². The average molecular weight is 343 g/mol. The molecule has 0 atom stereocenters. The second-order valence-corrected chi connectivity index (χ2v) is 6.68. The molecule has 1 amide bonds. The Kier molecular flexibility index (Phi) is 5.93. The summed E-state index contributed by atoms with van der Waals surface area (Å²) in [4.78, 5) is 26.8. The first-order valence-corrected chi connectivity index (χ1v) is 8.75. The lowest BCUT2D eigenvalue weighted by Gasteiger charge is -2.16. The first kappa shape index (κ1) is 18.0. The van der Waals surface area contributed by atoms with Crippen molar-refractivity contribution in [2.24, 2.45) is 0 Å². The second-order valence-electron chi connectivity index (χ2n) is 5.72. The molecule has 0 N–H and O–H groups in total. The normalized spacial score (nSPS) is 10.4. The summed E-state index contributed by atoms with van der Waals surface area (Å²) in [6.45, 7) is 4.84. The molecule has 0 aliphatic carbocycles. The fourth-order valence-electron chi connectivity index (χ4n) is 2.47. The Hall–Kier alpha value is -2.39. The van der Waals surface area contributed by atoms with Crippen LogP contribution in [0.2, 0.25) is 0 Å². The zero-order valence-corrected chi connectivity index (χ0v) is 15.0. The summed E-state index contributed by atoms with van der Waals surface area (Å²) in [6.07, 6.45) is 1.95. The molecule has 0 bridgehead atoms. The van der Waals surface area contributed by atoms with Gasteiger partial charge in [-0.05, 0) is 25.0 Å². The highest BCUT2D eigenvalue weighted by molar-refractivity contribution is 7.11. The summed E-state index contributed by atoms with van der Waals surface area (Å²) in [5.41, 5.74) is 1.98. The van der Waals surface area contributed by atoms with Gasteiger partial charge in [0.05, 0.1) is 18.2 Å². The number of unbranched alkanes of at least 4 members (excludes halogenated alkanes) is 1. The number of thiazole rings is 1. The Labute approximate surface area is 145 Å². The van der Waals surface area contributed by atoms with Crippen molar-refractivity contribution >= 4 is 17.2 Å². The van der Waals surface area contributed by atoms with Crippen LogP contribution >= 0.6 is 11.3 Å². The van der Waals surface area contributed by atoms with Crippen molar-refractivity contribution in [1.82, 2.24) is 9.47 Å². The largest absolute Gasteiger partial charge is 0.341 e. The minimum atomic E-state index is -0.174. The summed E-state index contributed by atoms with van der Waals surface area (Å²) in [6, 6.07) is 9.33. The monoisotopic (exact) mass is 343 g/mol. The third-order valence-electron chi connectivity index (χ3n) is 4.00. The van der Waals surface area contributed by atoms with Gasteiger partial charge in [0.2, 0.25) is 0 Å². The van der Waals surface area contributed by atoms with Gasteiger partial charge in [-0.25, -0.2) is 0 Å². The van der Waals surface area contributed by atoms with Crippen molar-refractivity contribution in [2.75, 3.05) is 13.6 Å². The lowest BCUT2D eigenvalue weighted by Crippen LogP contribution is -2.27. The maximum atomic E-state index is 12.5. The predicted molar refractivity (Wildman–Crippen MR) is 95.4 cm³/mol. The number of aromatic nitrogens is 1. The standard InChI is InChI=1S/C18H21N3O2S/c1-4-5-10-20(3)17(22)16-13(2)21(18(23)24-16)12-15-9-7-6-8-14(15)11-19/h6-9H,4-5,10,12H2,1-3H3. The zero-order chi connectivity index (χ0) is 17.7. The highest BCUT2D eigenvalue weighted by Gasteiger charge is 2.21. The van der Waals surface area contributed by atoms with Gasteiger partial charge in [-0.15, -0.1) is 0 Å². The SMILES string of the molecule is CCCCN(C)C(=O)c1sc(=O)n(Cc2ccccc2C#N)c1C. The van der Waals surface area contributed by atoms with Crippen LogP contribution in [-0.4, -0.2) is 29.0 Å². The van der Waals surface area contributed by atoms with E-state index in [4.69, 9.17) is 0 Å². The predicted octanol–water partition coefficient (Wildman–Crippen LogP) is 3.01. The molecule has 2 aromatic rings. The number of benzene rings is 1. The molecule has 1 aromatic heterocycles. The van der Waals surface area contributed by atoms with E-state index in [0.717, 1.165) is 29.7 Å². The van der Waals surface area contributed by atoms with E-state index in [0.29, 0.717) is 29.2 Å². The van der Waals surface area contributed by atoms with E-state index in [-0.39, 0.29) is 10.8 Å². The van der Waals surface area contributed by atoms with Crippen molar-refractivity contribution in [2.45, 2.75) is 33.2 Å². The number of amides is 1. The molecular weight excluding hydrogens is 322 g/mol. The lowest BCUT2D eigenvalue weighted by atomic mass is 10.1. The molecular formula is C18H21N3O2S. The molecule has 2 rings (SSSR count). The second kappa shape index (κ2) is 7.93. The summed E-state index contributed by atoms with van der Waals surface area (Å²) in [5, 5.41) is 9.19. The van der Waals surface area contributed by atoms with Crippen molar-refractivity contribution in [3.8, 4) is 6.07 Å². The van der Waals surface area contributed by atoms with Gasteiger partial charge in [-0.3, -0.25) is 14.2 Å². The molecule has 0 fully saturated rings. The van der Waals surface area contributed by atoms with Crippen LogP contribution < -0.4 is 4.87 Å². The molecule has 0 spiro atoms. The number of carbonyl (C=O) groups excluding carboxylic acids is 1. The third kappa shape index (κ3) is 3.74. The highest BCUT2D eigenvalue weighted by atomic mass is 32.1. The van der Waals surface area contributed by atoms with Crippen LogP contribution in [0.25, 0.3) is 0 Å². The van der Waals surface area contributed by atoms with Gasteiger partial charge < -0.3 is 4.90 Å². The molecule has 0 unspecified atom stereocenters. The lowest BCUT2D eigenvalue weighted by molar-refractivity contribution is 0.0796. The molecule has 126 valence electrons. The summed E-state index contributed by atoms with van der Waals surface area (Å²) >= 11 is 0.977. The number of rotatable bonds is 6. The van der Waals surface area contributed by atoms with Gasteiger partial charge >= 0.3 is 4.87 Å². The van der Waals surface area contributed by atoms with E-state index in [9.17, 15) is 14.9 Å².